The van der Waals surface area contributed by atoms with E-state index in [1.807, 2.05) is 16.9 Å². The molecule has 29 heavy (non-hydrogen) atoms. The number of rotatable bonds is 7. The molecule has 0 atom stereocenters. The van der Waals surface area contributed by atoms with Crippen molar-refractivity contribution in [1.82, 2.24) is 19.3 Å². The molecule has 9 heteroatoms. The van der Waals surface area contributed by atoms with Gasteiger partial charge in [-0.2, -0.15) is 5.10 Å². The molecule has 0 bridgehead atoms. The highest BCUT2D eigenvalue weighted by molar-refractivity contribution is 6.07. The molecule has 0 aliphatic heterocycles. The zero-order chi connectivity index (χ0) is 20.4. The Kier molecular flexibility index (Phi) is 5.11. The number of nitrogens with zero attached hydrogens (tertiary/aromatic N) is 5. The third-order valence-electron chi connectivity index (χ3n) is 5.30. The van der Waals surface area contributed by atoms with E-state index in [1.165, 1.54) is 25.1 Å². The molecule has 9 nitrogen and oxygen atoms in total. The molecule has 2 heterocycles. The minimum atomic E-state index is -0.491. The van der Waals surface area contributed by atoms with E-state index in [0.29, 0.717) is 18.3 Å². The van der Waals surface area contributed by atoms with Gasteiger partial charge < -0.3 is 9.88 Å². The minimum absolute atomic E-state index is 0.153. The molecule has 0 saturated heterocycles. The Hall–Kier alpha value is -3.49. The normalized spacial score (nSPS) is 14.2. The number of hydrogen-bond donors (Lipinski definition) is 1. The molecule has 1 aliphatic rings. The van der Waals surface area contributed by atoms with Gasteiger partial charge in [0, 0.05) is 37.3 Å². The number of carbonyl (C=O) groups excluding carboxylic acids is 1. The monoisotopic (exact) mass is 394 g/mol. The molecule has 1 fully saturated rings. The molecule has 150 valence electrons. The first kappa shape index (κ1) is 18.9. The molecular weight excluding hydrogens is 372 g/mol. The van der Waals surface area contributed by atoms with Crippen molar-refractivity contribution in [3.63, 3.8) is 0 Å². The summed E-state index contributed by atoms with van der Waals surface area (Å²) in [7, 11) is 1.70. The average molecular weight is 394 g/mol. The Bertz CT molecular complexity index is 1050. The molecule has 2 aromatic heterocycles. The first-order chi connectivity index (χ1) is 14.0. The van der Waals surface area contributed by atoms with Crippen LogP contribution in [-0.4, -0.2) is 30.0 Å². The number of imidazole rings is 1. The largest absolute Gasteiger partial charge is 0.374 e. The number of nitro benzene ring substituents is 1. The predicted octanol–water partition coefficient (Wildman–Crippen LogP) is 3.48. The quantitative estimate of drug-likeness (QED) is 0.373. The SMILES string of the molecule is Cn1ccnc1C(=O)c1ccc(NCc2ccn(C3CCCC3)n2)c([N+](=O)[O-])c1. The van der Waals surface area contributed by atoms with Gasteiger partial charge in [0.25, 0.3) is 5.69 Å². The lowest BCUT2D eigenvalue weighted by Gasteiger charge is -2.09. The first-order valence-electron chi connectivity index (χ1n) is 9.61. The van der Waals surface area contributed by atoms with Gasteiger partial charge in [-0.1, -0.05) is 12.8 Å². The van der Waals surface area contributed by atoms with E-state index >= 15 is 0 Å². The zero-order valence-electron chi connectivity index (χ0n) is 16.1. The predicted molar refractivity (Wildman–Crippen MR) is 107 cm³/mol. The van der Waals surface area contributed by atoms with E-state index in [2.05, 4.69) is 15.4 Å². The van der Waals surface area contributed by atoms with E-state index in [0.717, 1.165) is 18.5 Å². The summed E-state index contributed by atoms with van der Waals surface area (Å²) in [6.07, 6.45) is 9.89. The maximum absolute atomic E-state index is 12.6. The molecule has 0 radical (unpaired) electrons. The first-order valence-corrected chi connectivity index (χ1v) is 9.61. The van der Waals surface area contributed by atoms with Gasteiger partial charge in [0.05, 0.1) is 23.2 Å². The number of nitrogens with one attached hydrogen (secondary N) is 1. The van der Waals surface area contributed by atoms with Crippen LogP contribution in [0.25, 0.3) is 0 Å². The van der Waals surface area contributed by atoms with Gasteiger partial charge in [0.2, 0.25) is 5.78 Å². The van der Waals surface area contributed by atoms with Gasteiger partial charge in [0.15, 0.2) is 5.82 Å². The molecule has 3 aromatic rings. The Balaban J connectivity index is 1.51. The van der Waals surface area contributed by atoms with Crippen LogP contribution >= 0.6 is 0 Å². The average Bonchev–Trinajstić information content (AvgIpc) is 3.47. The summed E-state index contributed by atoms with van der Waals surface area (Å²) in [4.78, 5) is 27.7. The highest BCUT2D eigenvalue weighted by Gasteiger charge is 2.21. The van der Waals surface area contributed by atoms with E-state index in [9.17, 15) is 14.9 Å². The van der Waals surface area contributed by atoms with Crippen LogP contribution in [0.3, 0.4) is 0 Å². The van der Waals surface area contributed by atoms with Crippen molar-refractivity contribution in [3.8, 4) is 0 Å². The van der Waals surface area contributed by atoms with Gasteiger partial charge in [-0.05, 0) is 31.0 Å². The Labute approximate surface area is 167 Å². The van der Waals surface area contributed by atoms with Crippen molar-refractivity contribution in [1.29, 1.82) is 0 Å². The van der Waals surface area contributed by atoms with Gasteiger partial charge in [-0.15, -0.1) is 0 Å². The summed E-state index contributed by atoms with van der Waals surface area (Å²) in [5.41, 5.74) is 1.24. The van der Waals surface area contributed by atoms with Crippen molar-refractivity contribution in [2.24, 2.45) is 7.05 Å². The highest BCUT2D eigenvalue weighted by atomic mass is 16.6. The Morgan fingerprint density at radius 2 is 2.07 bits per heavy atom. The molecule has 0 amide bonds. The lowest BCUT2D eigenvalue weighted by atomic mass is 10.1. The second-order valence-electron chi connectivity index (χ2n) is 7.26. The summed E-state index contributed by atoms with van der Waals surface area (Å²) in [6, 6.07) is 6.80. The molecular formula is C20H22N6O3. The molecule has 1 aliphatic carbocycles. The third-order valence-corrected chi connectivity index (χ3v) is 5.30. The molecule has 0 spiro atoms. The van der Waals surface area contributed by atoms with Crippen LogP contribution in [0.2, 0.25) is 0 Å². The smallest absolute Gasteiger partial charge is 0.293 e. The van der Waals surface area contributed by atoms with Crippen LogP contribution in [-0.2, 0) is 13.6 Å². The number of benzene rings is 1. The van der Waals surface area contributed by atoms with Crippen molar-refractivity contribution in [2.75, 3.05) is 5.32 Å². The van der Waals surface area contributed by atoms with Crippen molar-refractivity contribution in [3.05, 3.63) is 70.1 Å². The van der Waals surface area contributed by atoms with Crippen LogP contribution in [0.1, 0.15) is 53.6 Å². The van der Waals surface area contributed by atoms with E-state index in [1.54, 1.807) is 29.9 Å². The molecule has 0 unspecified atom stereocenters. The standard InChI is InChI=1S/C20H22N6O3/c1-24-11-9-21-20(24)19(27)14-6-7-17(18(12-14)26(28)29)22-13-15-8-10-25(23-15)16-4-2-3-5-16/h6-12,16,22H,2-5,13H2,1H3. The lowest BCUT2D eigenvalue weighted by Crippen LogP contribution is -2.10. The molecule has 1 aromatic carbocycles. The molecule has 1 saturated carbocycles. The number of aryl methyl sites for hydroxylation is 1. The van der Waals surface area contributed by atoms with Crippen LogP contribution in [0.4, 0.5) is 11.4 Å². The number of nitro groups is 1. The summed E-state index contributed by atoms with van der Waals surface area (Å²) >= 11 is 0. The van der Waals surface area contributed by atoms with Gasteiger partial charge in [-0.25, -0.2) is 4.98 Å². The summed E-state index contributed by atoms with van der Waals surface area (Å²) in [6.45, 7) is 0.368. The number of ketones is 1. The maximum atomic E-state index is 12.6. The fourth-order valence-electron chi connectivity index (χ4n) is 3.72. The lowest BCUT2D eigenvalue weighted by molar-refractivity contribution is -0.384. The fourth-order valence-corrected chi connectivity index (χ4v) is 3.72. The second kappa shape index (κ2) is 7.86. The van der Waals surface area contributed by atoms with Gasteiger partial charge in [0.1, 0.15) is 5.69 Å². The molecule has 1 N–H and O–H groups in total. The number of anilines is 1. The van der Waals surface area contributed by atoms with Crippen molar-refractivity contribution < 1.29 is 9.72 Å². The van der Waals surface area contributed by atoms with Crippen LogP contribution < -0.4 is 5.32 Å². The topological polar surface area (TPSA) is 108 Å². The van der Waals surface area contributed by atoms with Crippen LogP contribution in [0.5, 0.6) is 0 Å². The van der Waals surface area contributed by atoms with Gasteiger partial charge in [-0.3, -0.25) is 19.6 Å². The number of hydrogen-bond acceptors (Lipinski definition) is 6. The van der Waals surface area contributed by atoms with Crippen LogP contribution in [0, 0.1) is 10.1 Å². The van der Waals surface area contributed by atoms with E-state index in [-0.39, 0.29) is 22.9 Å². The summed E-state index contributed by atoms with van der Waals surface area (Å²) in [5, 5.41) is 19.2. The zero-order valence-corrected chi connectivity index (χ0v) is 16.1. The summed E-state index contributed by atoms with van der Waals surface area (Å²) in [5.74, 6) is -0.125. The minimum Gasteiger partial charge on any atom is -0.374 e. The Morgan fingerprint density at radius 3 is 2.76 bits per heavy atom. The van der Waals surface area contributed by atoms with E-state index < -0.39 is 4.92 Å². The fraction of sp³-hybridized carbons (Fsp3) is 0.350. The Morgan fingerprint density at radius 1 is 1.28 bits per heavy atom. The third kappa shape index (κ3) is 3.89. The van der Waals surface area contributed by atoms with E-state index in [4.69, 9.17) is 0 Å². The summed E-state index contributed by atoms with van der Waals surface area (Å²) < 4.78 is 3.58. The van der Waals surface area contributed by atoms with Crippen molar-refractivity contribution >= 4 is 17.2 Å². The van der Waals surface area contributed by atoms with Crippen LogP contribution in [0.15, 0.2) is 42.9 Å². The second-order valence-corrected chi connectivity index (χ2v) is 7.26. The number of carbonyl (C=O) groups is 1. The van der Waals surface area contributed by atoms with Gasteiger partial charge >= 0.3 is 0 Å². The number of aromatic nitrogens is 4. The maximum Gasteiger partial charge on any atom is 0.293 e. The van der Waals surface area contributed by atoms with Crippen molar-refractivity contribution in [2.45, 2.75) is 38.3 Å². The highest BCUT2D eigenvalue weighted by Crippen LogP contribution is 2.29. The molecule has 4 rings (SSSR count).